The number of nitrogens with zero attached hydrogens (tertiary/aromatic N) is 1. The van der Waals surface area contributed by atoms with Crippen LogP contribution in [0.2, 0.25) is 0 Å². The minimum atomic E-state index is -4.37. The van der Waals surface area contributed by atoms with Crippen LogP contribution in [0.1, 0.15) is 15.9 Å². The highest BCUT2D eigenvalue weighted by Crippen LogP contribution is 2.41. The summed E-state index contributed by atoms with van der Waals surface area (Å²) >= 11 is 0.850. The maximum Gasteiger partial charge on any atom is 0.255 e. The maximum absolute atomic E-state index is 14.0. The fourth-order valence-corrected chi connectivity index (χ4v) is 8.13. The third kappa shape index (κ3) is 7.45. The molecule has 1 atom stereocenters. The Bertz CT molecular complexity index is 1910. The van der Waals surface area contributed by atoms with E-state index in [-0.39, 0.29) is 58.4 Å². The molecule has 4 rings (SSSR count). The Morgan fingerprint density at radius 2 is 1.82 bits per heavy atom. The van der Waals surface area contributed by atoms with Crippen LogP contribution in [-0.4, -0.2) is 62.0 Å². The molecule has 1 heterocycles. The molecule has 0 aliphatic carbocycles. The molecule has 0 bridgehead atoms. The summed E-state index contributed by atoms with van der Waals surface area (Å²) in [6, 6.07) is 12.8. The van der Waals surface area contributed by atoms with E-state index in [2.05, 4.69) is 10.0 Å². The number of nitrogens with one attached hydrogen (secondary N) is 2. The standard InChI is InChI=1S/C27H26FN4O9PS2/c28-20-12-18(5-4-16(20)14-30)42(36,37)15-32-44(38,39)25-11-17-10-22(40-8-6-29)23(13-24(17)43-25)41-9-7-31-27(35)19-2-1-3-21(33)26(19)34/h1-5,10-13,32-34H,6-9,15,29H2,(H,31,35)(H,36,37). The summed E-state index contributed by atoms with van der Waals surface area (Å²) in [5.41, 5.74) is 5.10. The fraction of sp³-hybridized carbons (Fsp3) is 0.185. The van der Waals surface area contributed by atoms with Gasteiger partial charge in [-0.3, -0.25) is 9.36 Å². The second-order valence-electron chi connectivity index (χ2n) is 9.10. The van der Waals surface area contributed by atoms with E-state index < -0.39 is 46.9 Å². The van der Waals surface area contributed by atoms with Gasteiger partial charge in [0.2, 0.25) is 7.37 Å². The monoisotopic (exact) mass is 664 g/mol. The van der Waals surface area contributed by atoms with Gasteiger partial charge in [0, 0.05) is 22.6 Å². The van der Waals surface area contributed by atoms with Gasteiger partial charge in [-0.2, -0.15) is 5.26 Å². The Hall–Kier alpha value is -4.23. The van der Waals surface area contributed by atoms with Gasteiger partial charge < -0.3 is 35.6 Å². The minimum absolute atomic E-state index is 0.000635. The summed E-state index contributed by atoms with van der Waals surface area (Å²) in [6.07, 6.45) is -0.916. The molecule has 1 unspecified atom stereocenters. The van der Waals surface area contributed by atoms with Crippen molar-refractivity contribution >= 4 is 50.0 Å². The molecule has 1 aromatic heterocycles. The third-order valence-corrected chi connectivity index (χ3v) is 10.9. The molecule has 0 spiro atoms. The van der Waals surface area contributed by atoms with Gasteiger partial charge in [0.05, 0.1) is 24.0 Å². The number of para-hydroxylation sites is 1. The highest BCUT2D eigenvalue weighted by atomic mass is 32.2. The van der Waals surface area contributed by atoms with E-state index in [0.717, 1.165) is 29.5 Å². The lowest BCUT2D eigenvalue weighted by molar-refractivity contribution is 0.0943. The van der Waals surface area contributed by atoms with Crippen molar-refractivity contribution in [3.8, 4) is 29.1 Å². The molecule has 17 heteroatoms. The van der Waals surface area contributed by atoms with Gasteiger partial charge in [-0.15, -0.1) is 11.3 Å². The predicted molar refractivity (Wildman–Crippen MR) is 160 cm³/mol. The maximum atomic E-state index is 14.0. The molecule has 1 amide bonds. The number of thiophene rings is 1. The van der Waals surface area contributed by atoms with Gasteiger partial charge in [0.15, 0.2) is 23.0 Å². The Balaban J connectivity index is 1.48. The van der Waals surface area contributed by atoms with Crippen LogP contribution in [0.15, 0.2) is 58.8 Å². The van der Waals surface area contributed by atoms with Crippen LogP contribution in [0.4, 0.5) is 4.39 Å². The van der Waals surface area contributed by atoms with Crippen LogP contribution in [-0.2, 0) is 14.6 Å². The number of hydrogen-bond donors (Lipinski definition) is 6. The summed E-state index contributed by atoms with van der Waals surface area (Å²) in [7, 11) is -8.66. The number of rotatable bonds is 13. The van der Waals surface area contributed by atoms with E-state index in [9.17, 15) is 37.3 Å². The van der Waals surface area contributed by atoms with Gasteiger partial charge in [-0.25, -0.2) is 17.5 Å². The lowest BCUT2D eigenvalue weighted by Crippen LogP contribution is -2.28. The quantitative estimate of drug-likeness (QED) is 0.0691. The zero-order valence-electron chi connectivity index (χ0n) is 22.7. The number of sulfonamides is 1. The summed E-state index contributed by atoms with van der Waals surface area (Å²) in [5, 5.41) is 31.0. The third-order valence-electron chi connectivity index (χ3n) is 6.05. The SMILES string of the molecule is N#Cc1ccc(P(=O)(O)CNS(=O)(=O)c2cc3cc(OCCN)c(OCCNC(=O)c4cccc(O)c4O)cc3s2)cc1F. The highest BCUT2D eigenvalue weighted by molar-refractivity contribution is 7.92. The van der Waals surface area contributed by atoms with Gasteiger partial charge >= 0.3 is 0 Å². The first-order valence-corrected chi connectivity index (χ1v) is 16.8. The van der Waals surface area contributed by atoms with Crippen molar-refractivity contribution in [2.45, 2.75) is 4.21 Å². The molecule has 0 saturated heterocycles. The minimum Gasteiger partial charge on any atom is -0.504 e. The van der Waals surface area contributed by atoms with Crippen molar-refractivity contribution < 1.29 is 46.7 Å². The van der Waals surface area contributed by atoms with Crippen LogP contribution < -0.4 is 30.6 Å². The topological polar surface area (TPSA) is 221 Å². The molecule has 13 nitrogen and oxygen atoms in total. The predicted octanol–water partition coefficient (Wildman–Crippen LogP) is 2.30. The molecule has 3 aromatic carbocycles. The van der Waals surface area contributed by atoms with Crippen LogP contribution in [0.5, 0.6) is 23.0 Å². The van der Waals surface area contributed by atoms with Crippen LogP contribution >= 0.6 is 18.7 Å². The first-order valence-electron chi connectivity index (χ1n) is 12.7. The molecule has 7 N–H and O–H groups in total. The van der Waals surface area contributed by atoms with Gasteiger partial charge in [-0.05, 0) is 47.9 Å². The van der Waals surface area contributed by atoms with E-state index in [0.29, 0.717) is 10.1 Å². The van der Waals surface area contributed by atoms with E-state index >= 15 is 0 Å². The van der Waals surface area contributed by atoms with Gasteiger partial charge in [0.25, 0.3) is 15.9 Å². The Morgan fingerprint density at radius 1 is 1.09 bits per heavy atom. The number of carbonyl (C=O) groups excluding carboxylic acids is 1. The lowest BCUT2D eigenvalue weighted by Gasteiger charge is -2.13. The van der Waals surface area contributed by atoms with Crippen molar-refractivity contribution in [1.82, 2.24) is 10.0 Å². The second kappa shape index (κ2) is 13.6. The van der Waals surface area contributed by atoms with Crippen molar-refractivity contribution in [3.05, 3.63) is 71.5 Å². The number of nitrogens with two attached hydrogens (primary N) is 1. The number of phenolic OH excluding ortho intramolecular Hbond substituents is 2. The molecular formula is C27H26FN4O9PS2. The number of ether oxygens (including phenoxy) is 2. The molecule has 0 aliphatic heterocycles. The number of hydrogen-bond acceptors (Lipinski definition) is 11. The summed E-state index contributed by atoms with van der Waals surface area (Å²) in [4.78, 5) is 22.7. The molecular weight excluding hydrogens is 638 g/mol. The van der Waals surface area contributed by atoms with E-state index in [1.54, 1.807) is 6.07 Å². The fourth-order valence-electron chi connectivity index (χ4n) is 3.83. The van der Waals surface area contributed by atoms with E-state index in [1.165, 1.54) is 36.4 Å². The number of fused-ring (bicyclic) bond motifs is 1. The molecule has 232 valence electrons. The van der Waals surface area contributed by atoms with Gasteiger partial charge in [-0.1, -0.05) is 6.07 Å². The molecule has 4 aromatic rings. The first-order chi connectivity index (χ1) is 20.9. The molecule has 0 radical (unpaired) electrons. The lowest BCUT2D eigenvalue weighted by atomic mass is 10.1. The molecule has 44 heavy (non-hydrogen) atoms. The highest BCUT2D eigenvalue weighted by Gasteiger charge is 2.27. The van der Waals surface area contributed by atoms with Crippen molar-refractivity contribution in [3.63, 3.8) is 0 Å². The largest absolute Gasteiger partial charge is 0.504 e. The molecule has 0 saturated carbocycles. The number of benzene rings is 3. The Labute approximate surface area is 254 Å². The zero-order chi connectivity index (χ0) is 32.1. The van der Waals surface area contributed by atoms with E-state index in [4.69, 9.17) is 20.5 Å². The number of halogens is 1. The van der Waals surface area contributed by atoms with Crippen molar-refractivity contribution in [2.75, 3.05) is 32.6 Å². The normalized spacial score (nSPS) is 12.8. The Kier molecular flexibility index (Phi) is 10.1. The van der Waals surface area contributed by atoms with Crippen LogP contribution in [0.25, 0.3) is 10.1 Å². The number of aromatic hydroxyl groups is 2. The van der Waals surface area contributed by atoms with Crippen molar-refractivity contribution in [2.24, 2.45) is 5.73 Å². The number of phenols is 2. The summed E-state index contributed by atoms with van der Waals surface area (Å²) in [6.45, 7) is 0.253. The summed E-state index contributed by atoms with van der Waals surface area (Å²) in [5.74, 6) is -2.18. The average molecular weight is 665 g/mol. The van der Waals surface area contributed by atoms with Crippen LogP contribution in [0.3, 0.4) is 0 Å². The van der Waals surface area contributed by atoms with Gasteiger partial charge in [0.1, 0.15) is 29.3 Å². The summed E-state index contributed by atoms with van der Waals surface area (Å²) < 4.78 is 66.6. The second-order valence-corrected chi connectivity index (χ2v) is 14.4. The smallest absolute Gasteiger partial charge is 0.255 e. The molecule has 0 aliphatic rings. The van der Waals surface area contributed by atoms with Crippen molar-refractivity contribution in [1.29, 1.82) is 5.26 Å². The molecule has 0 fully saturated rings. The number of carbonyl (C=O) groups is 1. The number of nitriles is 1. The van der Waals surface area contributed by atoms with E-state index in [1.807, 2.05) is 0 Å². The first kappa shape index (κ1) is 32.7. The average Bonchev–Trinajstić information content (AvgIpc) is 3.42. The van der Waals surface area contributed by atoms with Crippen LogP contribution in [0, 0.1) is 17.1 Å². The zero-order valence-corrected chi connectivity index (χ0v) is 25.2. The number of amides is 1. The Morgan fingerprint density at radius 3 is 2.52 bits per heavy atom.